The topological polar surface area (TPSA) is 84.5 Å². The number of non-ortho nitro benzene ring substituents is 1. The first-order valence-corrected chi connectivity index (χ1v) is 8.32. The first-order valence-electron chi connectivity index (χ1n) is 8.32. The van der Waals surface area contributed by atoms with Gasteiger partial charge in [0.05, 0.1) is 28.1 Å². The average Bonchev–Trinajstić information content (AvgIpc) is 3.02. The highest BCUT2D eigenvalue weighted by molar-refractivity contribution is 5.95. The van der Waals surface area contributed by atoms with Crippen LogP contribution in [0.4, 0.5) is 5.69 Å². The number of benzene rings is 1. The number of piperazine rings is 1. The highest BCUT2D eigenvalue weighted by Gasteiger charge is 2.24. The summed E-state index contributed by atoms with van der Waals surface area (Å²) in [7, 11) is 0. The lowest BCUT2D eigenvalue weighted by atomic mass is 10.2. The van der Waals surface area contributed by atoms with Crippen LogP contribution in [0.1, 0.15) is 23.0 Å². The molecule has 0 N–H and O–H groups in total. The number of hydrogen-bond acceptors (Lipinski definition) is 5. The van der Waals surface area contributed by atoms with Crippen LogP contribution in [0.5, 0.6) is 0 Å². The van der Waals surface area contributed by atoms with Gasteiger partial charge < -0.3 is 9.80 Å². The maximum Gasteiger partial charge on any atom is 0.269 e. The minimum absolute atomic E-state index is 0.0126. The van der Waals surface area contributed by atoms with E-state index >= 15 is 0 Å². The van der Waals surface area contributed by atoms with Crippen LogP contribution < -0.4 is 0 Å². The lowest BCUT2D eigenvalue weighted by Crippen LogP contribution is -2.48. The van der Waals surface area contributed by atoms with Crippen molar-refractivity contribution in [3.63, 3.8) is 0 Å². The van der Waals surface area contributed by atoms with Crippen LogP contribution in [-0.2, 0) is 0 Å². The summed E-state index contributed by atoms with van der Waals surface area (Å²) in [5, 5.41) is 15.1. The predicted molar refractivity (Wildman–Crippen MR) is 93.0 cm³/mol. The largest absolute Gasteiger partial charge is 0.336 e. The number of rotatable bonds is 4. The third kappa shape index (κ3) is 3.39. The molecule has 1 aliphatic rings. The Kier molecular flexibility index (Phi) is 4.80. The average molecular weight is 343 g/mol. The fourth-order valence-electron chi connectivity index (χ4n) is 3.03. The van der Waals surface area contributed by atoms with E-state index in [0.29, 0.717) is 11.3 Å². The van der Waals surface area contributed by atoms with E-state index in [1.54, 1.807) is 23.0 Å². The number of nitro groups is 1. The summed E-state index contributed by atoms with van der Waals surface area (Å²) in [6, 6.07) is 6.13. The molecule has 2 aromatic rings. The normalized spacial score (nSPS) is 15.4. The van der Waals surface area contributed by atoms with Gasteiger partial charge in [-0.2, -0.15) is 5.10 Å². The second kappa shape index (κ2) is 7.02. The van der Waals surface area contributed by atoms with Crippen molar-refractivity contribution in [3.8, 4) is 5.69 Å². The SMILES string of the molecule is CCN1CCN(C(=O)c2cnn(-c3ccc([N+](=O)[O-])cc3)c2C)CC1. The van der Waals surface area contributed by atoms with E-state index < -0.39 is 4.92 Å². The van der Waals surface area contributed by atoms with Gasteiger partial charge in [0.2, 0.25) is 0 Å². The Morgan fingerprint density at radius 3 is 2.40 bits per heavy atom. The molecular weight excluding hydrogens is 322 g/mol. The van der Waals surface area contributed by atoms with E-state index in [1.807, 2.05) is 11.8 Å². The van der Waals surface area contributed by atoms with E-state index in [9.17, 15) is 14.9 Å². The molecular formula is C17H21N5O3. The Labute approximate surface area is 145 Å². The standard InChI is InChI=1S/C17H21N5O3/c1-3-19-8-10-20(11-9-19)17(23)16-12-18-21(13(16)2)14-4-6-15(7-5-14)22(24)25/h4-7,12H,3,8-11H2,1-2H3. The minimum atomic E-state index is -0.440. The van der Waals surface area contributed by atoms with Crippen molar-refractivity contribution in [3.05, 3.63) is 51.8 Å². The number of carbonyl (C=O) groups excluding carboxylic acids is 1. The van der Waals surface area contributed by atoms with Gasteiger partial charge in [-0.3, -0.25) is 14.9 Å². The van der Waals surface area contributed by atoms with Crippen molar-refractivity contribution in [1.29, 1.82) is 0 Å². The Hall–Kier alpha value is -2.74. The van der Waals surface area contributed by atoms with Gasteiger partial charge in [-0.05, 0) is 25.6 Å². The van der Waals surface area contributed by atoms with E-state index in [-0.39, 0.29) is 11.6 Å². The Morgan fingerprint density at radius 1 is 1.20 bits per heavy atom. The molecule has 1 amide bonds. The predicted octanol–water partition coefficient (Wildman–Crippen LogP) is 1.87. The monoisotopic (exact) mass is 343 g/mol. The van der Waals surface area contributed by atoms with Crippen LogP contribution in [-0.4, -0.2) is 63.1 Å². The van der Waals surface area contributed by atoms with E-state index in [4.69, 9.17) is 0 Å². The summed E-state index contributed by atoms with van der Waals surface area (Å²) in [4.78, 5) is 27.3. The lowest BCUT2D eigenvalue weighted by molar-refractivity contribution is -0.384. The summed E-state index contributed by atoms with van der Waals surface area (Å²) in [5.41, 5.74) is 2.02. The lowest BCUT2D eigenvalue weighted by Gasteiger charge is -2.34. The maximum atomic E-state index is 12.8. The Morgan fingerprint density at radius 2 is 1.84 bits per heavy atom. The first kappa shape index (κ1) is 17.1. The number of carbonyl (C=O) groups is 1. The highest BCUT2D eigenvalue weighted by atomic mass is 16.6. The Bertz CT molecular complexity index is 776. The molecule has 2 heterocycles. The number of nitrogens with zero attached hydrogens (tertiary/aromatic N) is 5. The van der Waals surface area contributed by atoms with Crippen molar-refractivity contribution < 1.29 is 9.72 Å². The van der Waals surface area contributed by atoms with Crippen molar-refractivity contribution in [2.45, 2.75) is 13.8 Å². The molecule has 132 valence electrons. The van der Waals surface area contributed by atoms with Crippen molar-refractivity contribution in [1.82, 2.24) is 19.6 Å². The van der Waals surface area contributed by atoms with Gasteiger partial charge in [-0.15, -0.1) is 0 Å². The summed E-state index contributed by atoms with van der Waals surface area (Å²) in [6.07, 6.45) is 1.57. The number of hydrogen-bond donors (Lipinski definition) is 0. The molecule has 0 aliphatic carbocycles. The molecule has 8 nitrogen and oxygen atoms in total. The van der Waals surface area contributed by atoms with Gasteiger partial charge in [0.25, 0.3) is 11.6 Å². The molecule has 0 bridgehead atoms. The van der Waals surface area contributed by atoms with Crippen molar-refractivity contribution >= 4 is 11.6 Å². The number of nitro benzene ring substituents is 1. The third-order valence-electron chi connectivity index (χ3n) is 4.65. The maximum absolute atomic E-state index is 12.8. The second-order valence-electron chi connectivity index (χ2n) is 6.06. The van der Waals surface area contributed by atoms with Gasteiger partial charge in [0.15, 0.2) is 0 Å². The number of aromatic nitrogens is 2. The molecule has 1 fully saturated rings. The molecule has 0 spiro atoms. The molecule has 1 aromatic carbocycles. The summed E-state index contributed by atoms with van der Waals surface area (Å²) >= 11 is 0. The van der Waals surface area contributed by atoms with E-state index in [0.717, 1.165) is 38.4 Å². The van der Waals surface area contributed by atoms with Gasteiger partial charge in [-0.25, -0.2) is 4.68 Å². The van der Waals surface area contributed by atoms with Crippen LogP contribution in [0.2, 0.25) is 0 Å². The van der Waals surface area contributed by atoms with Crippen LogP contribution >= 0.6 is 0 Å². The fourth-order valence-corrected chi connectivity index (χ4v) is 3.03. The molecule has 25 heavy (non-hydrogen) atoms. The van der Waals surface area contributed by atoms with Gasteiger partial charge in [0.1, 0.15) is 0 Å². The fraction of sp³-hybridized carbons (Fsp3) is 0.412. The highest BCUT2D eigenvalue weighted by Crippen LogP contribution is 2.19. The van der Waals surface area contributed by atoms with Crippen LogP contribution in [0, 0.1) is 17.0 Å². The van der Waals surface area contributed by atoms with E-state index in [1.165, 1.54) is 12.1 Å². The number of amides is 1. The molecule has 0 atom stereocenters. The zero-order chi connectivity index (χ0) is 18.0. The minimum Gasteiger partial charge on any atom is -0.336 e. The molecule has 1 aromatic heterocycles. The van der Waals surface area contributed by atoms with Crippen LogP contribution in [0.25, 0.3) is 5.69 Å². The molecule has 1 aliphatic heterocycles. The molecule has 1 saturated heterocycles. The second-order valence-corrected chi connectivity index (χ2v) is 6.06. The molecule has 3 rings (SSSR count). The Balaban J connectivity index is 1.79. The van der Waals surface area contributed by atoms with Crippen molar-refractivity contribution in [2.75, 3.05) is 32.7 Å². The quantitative estimate of drug-likeness (QED) is 0.625. The van der Waals surface area contributed by atoms with Gasteiger partial charge >= 0.3 is 0 Å². The van der Waals surface area contributed by atoms with Gasteiger partial charge in [-0.1, -0.05) is 6.92 Å². The summed E-state index contributed by atoms with van der Waals surface area (Å²) in [6.45, 7) is 8.16. The van der Waals surface area contributed by atoms with E-state index in [2.05, 4.69) is 16.9 Å². The zero-order valence-electron chi connectivity index (χ0n) is 14.4. The summed E-state index contributed by atoms with van der Waals surface area (Å²) < 4.78 is 1.64. The molecule has 0 unspecified atom stereocenters. The molecule has 8 heteroatoms. The van der Waals surface area contributed by atoms with Crippen molar-refractivity contribution in [2.24, 2.45) is 0 Å². The van der Waals surface area contributed by atoms with Crippen LogP contribution in [0.15, 0.2) is 30.5 Å². The summed E-state index contributed by atoms with van der Waals surface area (Å²) in [5.74, 6) is -0.0126. The third-order valence-corrected chi connectivity index (χ3v) is 4.65. The van der Waals surface area contributed by atoms with Gasteiger partial charge in [0, 0.05) is 38.3 Å². The zero-order valence-corrected chi connectivity index (χ0v) is 14.4. The molecule has 0 radical (unpaired) electrons. The number of likely N-dealkylation sites (N-methyl/N-ethyl adjacent to an activating group) is 1. The first-order chi connectivity index (χ1) is 12.0. The van der Waals surface area contributed by atoms with Crippen LogP contribution in [0.3, 0.4) is 0 Å². The smallest absolute Gasteiger partial charge is 0.269 e. The molecule has 0 saturated carbocycles.